The second-order valence-electron chi connectivity index (χ2n) is 6.00. The number of benzene rings is 1. The van der Waals surface area contributed by atoms with E-state index < -0.39 is 0 Å². The Hall–Kier alpha value is -1.10. The fraction of sp³-hybridized carbons (Fsp3) is 0.625. The van der Waals surface area contributed by atoms with Gasteiger partial charge in [0.1, 0.15) is 5.75 Å². The second kappa shape index (κ2) is 5.72. The van der Waals surface area contributed by atoms with Gasteiger partial charge < -0.3 is 15.2 Å². The van der Waals surface area contributed by atoms with Gasteiger partial charge in [-0.1, -0.05) is 6.07 Å². The molecule has 2 heterocycles. The summed E-state index contributed by atoms with van der Waals surface area (Å²) in [6.45, 7) is 9.61. The van der Waals surface area contributed by atoms with Crippen molar-refractivity contribution >= 4 is 0 Å². The van der Waals surface area contributed by atoms with Crippen LogP contribution in [0.2, 0.25) is 0 Å². The number of ether oxygens (including phenoxy) is 2. The lowest BCUT2D eigenvalue weighted by Gasteiger charge is -2.37. The molecule has 2 aliphatic heterocycles. The first-order valence-electron chi connectivity index (χ1n) is 7.45. The van der Waals surface area contributed by atoms with E-state index in [1.807, 2.05) is 0 Å². The Kier molecular flexibility index (Phi) is 3.96. The molecular weight excluding hydrogens is 252 g/mol. The molecular formula is C16H24N2O2. The van der Waals surface area contributed by atoms with Gasteiger partial charge in [-0.2, -0.15) is 0 Å². The molecule has 0 aliphatic carbocycles. The van der Waals surface area contributed by atoms with E-state index in [9.17, 15) is 0 Å². The Bertz CT molecular complexity index is 484. The molecule has 2 N–H and O–H groups in total. The second-order valence-corrected chi connectivity index (χ2v) is 6.00. The molecule has 110 valence electrons. The highest BCUT2D eigenvalue weighted by atomic mass is 16.5. The van der Waals surface area contributed by atoms with Crippen LogP contribution in [0.5, 0.6) is 5.75 Å². The summed E-state index contributed by atoms with van der Waals surface area (Å²) >= 11 is 0. The minimum absolute atomic E-state index is 0.0715. The molecule has 1 aromatic carbocycles. The molecule has 0 amide bonds. The maximum Gasteiger partial charge on any atom is 0.124 e. The van der Waals surface area contributed by atoms with E-state index in [2.05, 4.69) is 30.9 Å². The van der Waals surface area contributed by atoms with E-state index in [4.69, 9.17) is 15.2 Å². The third-order valence-electron chi connectivity index (χ3n) is 4.38. The third-order valence-corrected chi connectivity index (χ3v) is 4.38. The van der Waals surface area contributed by atoms with Crippen molar-refractivity contribution in [1.82, 2.24) is 4.90 Å². The summed E-state index contributed by atoms with van der Waals surface area (Å²) in [6, 6.07) is 4.37. The average molecular weight is 276 g/mol. The Labute approximate surface area is 120 Å². The Balaban J connectivity index is 1.76. The van der Waals surface area contributed by atoms with E-state index in [1.54, 1.807) is 0 Å². The van der Waals surface area contributed by atoms with Gasteiger partial charge in [0.2, 0.25) is 0 Å². The van der Waals surface area contributed by atoms with Crippen molar-refractivity contribution in [2.75, 3.05) is 39.5 Å². The maximum absolute atomic E-state index is 6.52. The molecule has 0 spiro atoms. The van der Waals surface area contributed by atoms with Crippen LogP contribution in [0.15, 0.2) is 12.1 Å². The van der Waals surface area contributed by atoms with E-state index in [0.717, 1.165) is 38.6 Å². The molecule has 1 saturated heterocycles. The first-order chi connectivity index (χ1) is 9.65. The van der Waals surface area contributed by atoms with Crippen molar-refractivity contribution in [2.24, 2.45) is 11.7 Å². The fourth-order valence-electron chi connectivity index (χ4n) is 3.30. The highest BCUT2D eigenvalue weighted by molar-refractivity contribution is 5.46. The lowest BCUT2D eigenvalue weighted by molar-refractivity contribution is 0.0218. The number of morpholine rings is 1. The Morgan fingerprint density at radius 3 is 2.75 bits per heavy atom. The van der Waals surface area contributed by atoms with Gasteiger partial charge in [-0.15, -0.1) is 0 Å². The number of hydrogen-bond acceptors (Lipinski definition) is 4. The Morgan fingerprint density at radius 2 is 2.00 bits per heavy atom. The standard InChI is InChI=1S/C16H24N2O2/c1-11-7-12(2)15-14(8-11)20-10-13(16(15)17)9-18-3-5-19-6-4-18/h7-8,13,16H,3-6,9-10,17H2,1-2H3. The van der Waals surface area contributed by atoms with Gasteiger partial charge >= 0.3 is 0 Å². The van der Waals surface area contributed by atoms with E-state index in [-0.39, 0.29) is 6.04 Å². The number of fused-ring (bicyclic) bond motifs is 1. The van der Waals surface area contributed by atoms with E-state index in [1.165, 1.54) is 16.7 Å². The van der Waals surface area contributed by atoms with Gasteiger partial charge in [0.15, 0.2) is 0 Å². The van der Waals surface area contributed by atoms with E-state index >= 15 is 0 Å². The fourth-order valence-corrected chi connectivity index (χ4v) is 3.30. The first kappa shape index (κ1) is 13.9. The summed E-state index contributed by atoms with van der Waals surface area (Å²) in [5.74, 6) is 1.34. The molecule has 2 atom stereocenters. The van der Waals surface area contributed by atoms with Crippen LogP contribution in [0.1, 0.15) is 22.7 Å². The number of nitrogens with zero attached hydrogens (tertiary/aromatic N) is 1. The van der Waals surface area contributed by atoms with Gasteiger partial charge in [-0.3, -0.25) is 4.90 Å². The molecule has 0 aromatic heterocycles. The van der Waals surface area contributed by atoms with E-state index in [0.29, 0.717) is 12.5 Å². The van der Waals surface area contributed by atoms with Crippen LogP contribution in [0.4, 0.5) is 0 Å². The molecule has 3 rings (SSSR count). The van der Waals surface area contributed by atoms with Crippen LogP contribution in [0, 0.1) is 19.8 Å². The van der Waals surface area contributed by atoms with Crippen molar-refractivity contribution in [2.45, 2.75) is 19.9 Å². The highest BCUT2D eigenvalue weighted by Crippen LogP contribution is 2.37. The lowest BCUT2D eigenvalue weighted by atomic mass is 9.87. The van der Waals surface area contributed by atoms with Crippen LogP contribution in [-0.2, 0) is 4.74 Å². The lowest BCUT2D eigenvalue weighted by Crippen LogP contribution is -2.44. The van der Waals surface area contributed by atoms with Crippen molar-refractivity contribution in [1.29, 1.82) is 0 Å². The highest BCUT2D eigenvalue weighted by Gasteiger charge is 2.31. The summed E-state index contributed by atoms with van der Waals surface area (Å²) in [6.07, 6.45) is 0. The van der Waals surface area contributed by atoms with Crippen LogP contribution in [0.25, 0.3) is 0 Å². The quantitative estimate of drug-likeness (QED) is 0.892. The van der Waals surface area contributed by atoms with Crippen LogP contribution >= 0.6 is 0 Å². The minimum atomic E-state index is 0.0715. The molecule has 20 heavy (non-hydrogen) atoms. The zero-order valence-electron chi connectivity index (χ0n) is 12.4. The molecule has 1 fully saturated rings. The molecule has 0 radical (unpaired) electrons. The van der Waals surface area contributed by atoms with Crippen LogP contribution in [-0.4, -0.2) is 44.4 Å². The largest absolute Gasteiger partial charge is 0.493 e. The van der Waals surface area contributed by atoms with Gasteiger partial charge in [-0.25, -0.2) is 0 Å². The topological polar surface area (TPSA) is 47.7 Å². The summed E-state index contributed by atoms with van der Waals surface area (Å²) in [5.41, 5.74) is 10.2. The zero-order valence-corrected chi connectivity index (χ0v) is 12.4. The van der Waals surface area contributed by atoms with Crippen LogP contribution in [0.3, 0.4) is 0 Å². The maximum atomic E-state index is 6.52. The molecule has 2 aliphatic rings. The number of nitrogens with two attached hydrogens (primary N) is 1. The first-order valence-corrected chi connectivity index (χ1v) is 7.45. The molecule has 4 heteroatoms. The molecule has 1 aromatic rings. The molecule has 0 bridgehead atoms. The number of aryl methyl sites for hydroxylation is 2. The summed E-state index contributed by atoms with van der Waals surface area (Å²) in [5, 5.41) is 0. The smallest absolute Gasteiger partial charge is 0.124 e. The molecule has 0 saturated carbocycles. The normalized spacial score (nSPS) is 26.9. The predicted molar refractivity (Wildman–Crippen MR) is 79.1 cm³/mol. The van der Waals surface area contributed by atoms with Gasteiger partial charge in [0.05, 0.1) is 19.8 Å². The van der Waals surface area contributed by atoms with Crippen molar-refractivity contribution in [3.05, 3.63) is 28.8 Å². The van der Waals surface area contributed by atoms with Crippen LogP contribution < -0.4 is 10.5 Å². The summed E-state index contributed by atoms with van der Waals surface area (Å²) < 4.78 is 11.4. The summed E-state index contributed by atoms with van der Waals surface area (Å²) in [4.78, 5) is 2.44. The van der Waals surface area contributed by atoms with Crippen molar-refractivity contribution in [3.63, 3.8) is 0 Å². The molecule has 2 unspecified atom stereocenters. The average Bonchev–Trinajstić information content (AvgIpc) is 2.42. The summed E-state index contributed by atoms with van der Waals surface area (Å²) in [7, 11) is 0. The number of hydrogen-bond donors (Lipinski definition) is 1. The van der Waals surface area contributed by atoms with Crippen molar-refractivity contribution < 1.29 is 9.47 Å². The van der Waals surface area contributed by atoms with Gasteiger partial charge in [0, 0.05) is 37.2 Å². The van der Waals surface area contributed by atoms with Gasteiger partial charge in [-0.05, 0) is 31.0 Å². The Morgan fingerprint density at radius 1 is 1.25 bits per heavy atom. The SMILES string of the molecule is Cc1cc(C)c2c(c1)OCC(CN1CCOCC1)C2N. The third kappa shape index (κ3) is 2.68. The van der Waals surface area contributed by atoms with Crippen molar-refractivity contribution in [3.8, 4) is 5.75 Å². The number of rotatable bonds is 2. The molecule has 4 nitrogen and oxygen atoms in total. The zero-order chi connectivity index (χ0) is 14.1. The monoisotopic (exact) mass is 276 g/mol. The van der Waals surface area contributed by atoms with Gasteiger partial charge in [0.25, 0.3) is 0 Å². The minimum Gasteiger partial charge on any atom is -0.493 e. The predicted octanol–water partition coefficient (Wildman–Crippen LogP) is 1.64.